The molecule has 0 aromatic carbocycles. The SMILES string of the molecule is CCN(C)C(=O)Nc1ccnc(B2OC(C)(C)C(C)(C)O2)c1. The molecule has 1 aliphatic heterocycles. The van der Waals surface area contributed by atoms with Crippen molar-refractivity contribution in [3.05, 3.63) is 18.3 Å². The minimum Gasteiger partial charge on any atom is -0.398 e. The minimum atomic E-state index is -0.536. The fourth-order valence-electron chi connectivity index (χ4n) is 1.98. The molecular formula is C15H24BN3O3. The quantitative estimate of drug-likeness (QED) is 0.866. The summed E-state index contributed by atoms with van der Waals surface area (Å²) in [7, 11) is 1.21. The largest absolute Gasteiger partial charge is 0.514 e. The van der Waals surface area contributed by atoms with E-state index in [0.717, 1.165) is 0 Å². The highest BCUT2D eigenvalue weighted by Gasteiger charge is 2.52. The van der Waals surface area contributed by atoms with Crippen LogP contribution in [0.2, 0.25) is 0 Å². The van der Waals surface area contributed by atoms with Gasteiger partial charge in [-0.3, -0.25) is 4.98 Å². The first-order valence-corrected chi connectivity index (χ1v) is 7.50. The summed E-state index contributed by atoms with van der Waals surface area (Å²) in [6.07, 6.45) is 1.64. The monoisotopic (exact) mass is 305 g/mol. The van der Waals surface area contributed by atoms with Gasteiger partial charge in [-0.15, -0.1) is 0 Å². The van der Waals surface area contributed by atoms with E-state index in [1.807, 2.05) is 34.6 Å². The Morgan fingerprint density at radius 3 is 2.45 bits per heavy atom. The Hall–Kier alpha value is -1.60. The second kappa shape index (κ2) is 5.89. The van der Waals surface area contributed by atoms with Crippen molar-refractivity contribution in [2.24, 2.45) is 0 Å². The second-order valence-corrected chi connectivity index (χ2v) is 6.50. The number of amides is 2. The van der Waals surface area contributed by atoms with Crippen molar-refractivity contribution in [3.8, 4) is 0 Å². The number of hydrogen-bond donors (Lipinski definition) is 1. The van der Waals surface area contributed by atoms with Crippen LogP contribution in [-0.2, 0) is 9.31 Å². The number of pyridine rings is 1. The molecule has 0 spiro atoms. The van der Waals surface area contributed by atoms with Crippen LogP contribution in [0.1, 0.15) is 34.6 Å². The molecule has 0 saturated carbocycles. The molecule has 1 saturated heterocycles. The van der Waals surface area contributed by atoms with Gasteiger partial charge in [-0.2, -0.15) is 0 Å². The summed E-state index contributed by atoms with van der Waals surface area (Å²) in [6, 6.07) is 3.37. The lowest BCUT2D eigenvalue weighted by atomic mass is 9.84. The highest BCUT2D eigenvalue weighted by Crippen LogP contribution is 2.36. The zero-order chi connectivity index (χ0) is 16.5. The molecule has 7 heteroatoms. The van der Waals surface area contributed by atoms with Gasteiger partial charge in [0.25, 0.3) is 0 Å². The average Bonchev–Trinajstić information content (AvgIpc) is 2.67. The van der Waals surface area contributed by atoms with Crippen molar-refractivity contribution < 1.29 is 14.1 Å². The van der Waals surface area contributed by atoms with Crippen molar-refractivity contribution in [1.82, 2.24) is 9.88 Å². The molecule has 0 unspecified atom stereocenters. The summed E-state index contributed by atoms with van der Waals surface area (Å²) in [5.74, 6) is 0. The lowest BCUT2D eigenvalue weighted by molar-refractivity contribution is 0.00578. The number of nitrogens with zero attached hydrogens (tertiary/aromatic N) is 2. The van der Waals surface area contributed by atoms with Crippen LogP contribution in [0, 0.1) is 0 Å². The topological polar surface area (TPSA) is 63.7 Å². The van der Waals surface area contributed by atoms with Crippen LogP contribution in [0.4, 0.5) is 10.5 Å². The third kappa shape index (κ3) is 3.25. The maximum absolute atomic E-state index is 11.9. The summed E-state index contributed by atoms with van der Waals surface area (Å²) in [5.41, 5.74) is 0.489. The fraction of sp³-hybridized carbons (Fsp3) is 0.600. The third-order valence-electron chi connectivity index (χ3n) is 4.35. The van der Waals surface area contributed by atoms with Crippen molar-refractivity contribution in [2.75, 3.05) is 18.9 Å². The molecule has 120 valence electrons. The Kier molecular flexibility index (Phi) is 4.49. The molecule has 0 radical (unpaired) electrons. The Morgan fingerprint density at radius 1 is 1.32 bits per heavy atom. The van der Waals surface area contributed by atoms with E-state index in [1.165, 1.54) is 0 Å². The molecule has 1 N–H and O–H groups in total. The maximum Gasteiger partial charge on any atom is 0.514 e. The van der Waals surface area contributed by atoms with Crippen LogP contribution in [0.3, 0.4) is 0 Å². The first-order chi connectivity index (χ1) is 10.2. The molecule has 1 aliphatic rings. The van der Waals surface area contributed by atoms with Crippen LogP contribution < -0.4 is 10.9 Å². The van der Waals surface area contributed by atoms with Crippen LogP contribution in [0.25, 0.3) is 0 Å². The average molecular weight is 305 g/mol. The number of carbonyl (C=O) groups excluding carboxylic acids is 1. The van der Waals surface area contributed by atoms with Gasteiger partial charge in [0.2, 0.25) is 0 Å². The third-order valence-corrected chi connectivity index (χ3v) is 4.35. The van der Waals surface area contributed by atoms with Gasteiger partial charge in [0.15, 0.2) is 0 Å². The fourth-order valence-corrected chi connectivity index (χ4v) is 1.98. The summed E-state index contributed by atoms with van der Waals surface area (Å²) in [6.45, 7) is 10.5. The molecule has 2 amide bonds. The van der Waals surface area contributed by atoms with Crippen molar-refractivity contribution >= 4 is 24.4 Å². The van der Waals surface area contributed by atoms with Gasteiger partial charge < -0.3 is 19.5 Å². The summed E-state index contributed by atoms with van der Waals surface area (Å²) < 4.78 is 11.9. The highest BCUT2D eigenvalue weighted by atomic mass is 16.7. The standard InChI is InChI=1S/C15H24BN3O3/c1-7-19(6)13(20)18-11-8-9-17-12(10-11)16-21-14(2,3)15(4,5)22-16/h8-10H,7H2,1-6H3,(H,17,18,20). The molecule has 0 atom stereocenters. The Labute approximate surface area is 132 Å². The van der Waals surface area contributed by atoms with Crippen LogP contribution >= 0.6 is 0 Å². The number of urea groups is 1. The van der Waals surface area contributed by atoms with Crippen LogP contribution in [-0.4, -0.2) is 47.8 Å². The first kappa shape index (κ1) is 16.8. The predicted octanol–water partition coefficient (Wildman–Crippen LogP) is 1.86. The number of anilines is 1. The zero-order valence-corrected chi connectivity index (χ0v) is 14.1. The summed E-state index contributed by atoms with van der Waals surface area (Å²) in [4.78, 5) is 17.8. The van der Waals surface area contributed by atoms with Crippen molar-refractivity contribution in [1.29, 1.82) is 0 Å². The van der Waals surface area contributed by atoms with E-state index >= 15 is 0 Å². The number of hydrogen-bond acceptors (Lipinski definition) is 4. The molecule has 22 heavy (non-hydrogen) atoms. The van der Waals surface area contributed by atoms with E-state index in [0.29, 0.717) is 17.8 Å². The predicted molar refractivity (Wildman–Crippen MR) is 87.3 cm³/mol. The van der Waals surface area contributed by atoms with Crippen LogP contribution in [0.5, 0.6) is 0 Å². The van der Waals surface area contributed by atoms with Gasteiger partial charge in [0.1, 0.15) is 0 Å². The molecule has 0 bridgehead atoms. The lowest BCUT2D eigenvalue weighted by Crippen LogP contribution is -2.41. The molecule has 2 rings (SSSR count). The molecule has 6 nitrogen and oxygen atoms in total. The summed E-state index contributed by atoms with van der Waals surface area (Å²) >= 11 is 0. The Bertz CT molecular complexity index is 547. The van der Waals surface area contributed by atoms with Gasteiger partial charge in [-0.1, -0.05) is 0 Å². The smallest absolute Gasteiger partial charge is 0.398 e. The number of aromatic nitrogens is 1. The normalized spacial score (nSPS) is 19.1. The van der Waals surface area contributed by atoms with E-state index in [2.05, 4.69) is 10.3 Å². The molecule has 0 aliphatic carbocycles. The molecule has 1 aromatic rings. The van der Waals surface area contributed by atoms with Gasteiger partial charge in [0, 0.05) is 25.5 Å². The molecular weight excluding hydrogens is 281 g/mol. The first-order valence-electron chi connectivity index (χ1n) is 7.50. The van der Waals surface area contributed by atoms with E-state index < -0.39 is 18.3 Å². The van der Waals surface area contributed by atoms with Gasteiger partial charge in [0.05, 0.1) is 16.8 Å². The van der Waals surface area contributed by atoms with E-state index in [4.69, 9.17) is 9.31 Å². The number of carbonyl (C=O) groups is 1. The molecule has 1 aromatic heterocycles. The minimum absolute atomic E-state index is 0.159. The molecule has 2 heterocycles. The Morgan fingerprint density at radius 2 is 1.91 bits per heavy atom. The zero-order valence-electron chi connectivity index (χ0n) is 14.1. The number of rotatable bonds is 3. The second-order valence-electron chi connectivity index (χ2n) is 6.50. The highest BCUT2D eigenvalue weighted by molar-refractivity contribution is 6.61. The van der Waals surface area contributed by atoms with Gasteiger partial charge in [-0.05, 0) is 46.8 Å². The molecule has 1 fully saturated rings. The van der Waals surface area contributed by atoms with E-state index in [1.54, 1.807) is 30.3 Å². The van der Waals surface area contributed by atoms with Gasteiger partial charge in [-0.25, -0.2) is 4.79 Å². The summed E-state index contributed by atoms with van der Waals surface area (Å²) in [5, 5.41) is 2.83. The maximum atomic E-state index is 11.9. The van der Waals surface area contributed by atoms with E-state index in [9.17, 15) is 4.79 Å². The van der Waals surface area contributed by atoms with Crippen LogP contribution in [0.15, 0.2) is 18.3 Å². The van der Waals surface area contributed by atoms with Crippen molar-refractivity contribution in [2.45, 2.75) is 45.8 Å². The Balaban J connectivity index is 2.15. The van der Waals surface area contributed by atoms with E-state index in [-0.39, 0.29) is 6.03 Å². The van der Waals surface area contributed by atoms with Gasteiger partial charge >= 0.3 is 13.1 Å². The lowest BCUT2D eigenvalue weighted by Gasteiger charge is -2.32. The van der Waals surface area contributed by atoms with Crippen molar-refractivity contribution in [3.63, 3.8) is 0 Å². The number of nitrogens with one attached hydrogen (secondary N) is 1.